The van der Waals surface area contributed by atoms with E-state index in [9.17, 15) is 33.9 Å². The minimum absolute atomic E-state index is 0.0883. The first-order valence-electron chi connectivity index (χ1n) is 12.5. The lowest BCUT2D eigenvalue weighted by Gasteiger charge is -2.49. The number of carbonyl (C=O) groups is 4. The molecule has 0 aromatic heterocycles. The Labute approximate surface area is 227 Å². The monoisotopic (exact) mass is 554 g/mol. The fourth-order valence-electron chi connectivity index (χ4n) is 7.14. The predicted octanol–water partition coefficient (Wildman–Crippen LogP) is 3.81. The van der Waals surface area contributed by atoms with Crippen molar-refractivity contribution < 1.29 is 38.6 Å². The number of anilines is 1. The van der Waals surface area contributed by atoms with E-state index in [-0.39, 0.29) is 40.1 Å². The molecule has 2 aliphatic heterocycles. The van der Waals surface area contributed by atoms with E-state index in [2.05, 4.69) is 0 Å². The Morgan fingerprint density at radius 2 is 1.79 bits per heavy atom. The van der Waals surface area contributed by atoms with Crippen LogP contribution in [0.1, 0.15) is 31.2 Å². The molecule has 4 aliphatic rings. The van der Waals surface area contributed by atoms with E-state index < -0.39 is 64.5 Å². The van der Waals surface area contributed by atoms with E-state index in [0.717, 1.165) is 11.0 Å². The zero-order valence-electron chi connectivity index (χ0n) is 20.9. The number of fused-ring (bicyclic) bond motifs is 4. The van der Waals surface area contributed by atoms with Gasteiger partial charge in [0.2, 0.25) is 11.8 Å². The Kier molecular flexibility index (Phi) is 5.64. The first-order valence-corrected chi connectivity index (χ1v) is 12.9. The van der Waals surface area contributed by atoms with Gasteiger partial charge in [0, 0.05) is 5.92 Å². The number of phenols is 1. The van der Waals surface area contributed by atoms with Crippen LogP contribution >= 0.6 is 11.6 Å². The summed E-state index contributed by atoms with van der Waals surface area (Å²) in [5, 5.41) is 20.6. The van der Waals surface area contributed by atoms with Gasteiger partial charge in [0.1, 0.15) is 5.82 Å². The molecule has 2 aliphatic carbocycles. The number of nitrogens with zero attached hydrogens (tertiary/aromatic N) is 2. The Hall–Kier alpha value is -3.76. The normalized spacial score (nSPS) is 31.7. The van der Waals surface area contributed by atoms with Crippen LogP contribution in [0.3, 0.4) is 0 Å². The number of halogens is 2. The number of carbonyl (C=O) groups excluding carboxylic acids is 4. The number of allylic oxidation sites excluding steroid dienone is 2. The van der Waals surface area contributed by atoms with Gasteiger partial charge in [-0.2, -0.15) is 5.06 Å². The summed E-state index contributed by atoms with van der Waals surface area (Å²) in [6.45, 7) is 1.68. The summed E-state index contributed by atoms with van der Waals surface area (Å²) in [6, 6.07) is 8.31. The summed E-state index contributed by atoms with van der Waals surface area (Å²) >= 11 is 5.98. The number of phenolic OH excluding ortho intramolecular Hbond substituents is 1. The Bertz CT molecular complexity index is 1510. The number of ether oxygens (including phenoxy) is 1. The van der Waals surface area contributed by atoms with Crippen LogP contribution in [-0.4, -0.2) is 46.1 Å². The summed E-state index contributed by atoms with van der Waals surface area (Å²) in [5.74, 6) is -7.09. The molecule has 3 fully saturated rings. The maximum absolute atomic E-state index is 14.2. The van der Waals surface area contributed by atoms with Gasteiger partial charge in [-0.1, -0.05) is 29.3 Å². The molecule has 2 heterocycles. The van der Waals surface area contributed by atoms with Gasteiger partial charge in [0.05, 0.1) is 41.0 Å². The molecule has 11 heteroatoms. The fourth-order valence-corrected chi connectivity index (χ4v) is 7.31. The van der Waals surface area contributed by atoms with Crippen LogP contribution < -0.4 is 9.64 Å². The minimum atomic E-state index is -1.35. The molecule has 6 rings (SSSR count). The van der Waals surface area contributed by atoms with Crippen molar-refractivity contribution in [1.29, 1.82) is 0 Å². The van der Waals surface area contributed by atoms with E-state index in [1.54, 1.807) is 19.1 Å². The molecule has 2 N–H and O–H groups in total. The van der Waals surface area contributed by atoms with Crippen molar-refractivity contribution in [3.63, 3.8) is 0 Å². The predicted molar refractivity (Wildman–Crippen MR) is 134 cm³/mol. The van der Waals surface area contributed by atoms with Crippen LogP contribution in [0.2, 0.25) is 5.02 Å². The molecule has 39 heavy (non-hydrogen) atoms. The van der Waals surface area contributed by atoms with Crippen molar-refractivity contribution in [2.24, 2.45) is 29.1 Å². The fraction of sp³-hybridized carbons (Fsp3) is 0.357. The lowest BCUT2D eigenvalue weighted by molar-refractivity contribution is -0.173. The second kappa shape index (κ2) is 8.62. The molecule has 2 saturated heterocycles. The topological polar surface area (TPSA) is 124 Å². The molecule has 6 atom stereocenters. The van der Waals surface area contributed by atoms with Gasteiger partial charge in [0.25, 0.3) is 11.8 Å². The molecule has 9 nitrogen and oxygen atoms in total. The van der Waals surface area contributed by atoms with Gasteiger partial charge in [-0.3, -0.25) is 24.4 Å². The highest BCUT2D eigenvalue weighted by Gasteiger charge is 2.67. The molecular weight excluding hydrogens is 531 g/mol. The van der Waals surface area contributed by atoms with E-state index in [0.29, 0.717) is 11.1 Å². The van der Waals surface area contributed by atoms with Gasteiger partial charge < -0.3 is 9.84 Å². The van der Waals surface area contributed by atoms with Gasteiger partial charge in [-0.05, 0) is 61.6 Å². The maximum Gasteiger partial charge on any atom is 0.257 e. The molecule has 4 amide bonds. The first kappa shape index (κ1) is 25.5. The average molecular weight is 555 g/mol. The Morgan fingerprint density at radius 3 is 2.46 bits per heavy atom. The third-order valence-electron chi connectivity index (χ3n) is 8.95. The lowest BCUT2D eigenvalue weighted by atomic mass is 9.51. The van der Waals surface area contributed by atoms with Crippen LogP contribution in [0.4, 0.5) is 10.1 Å². The molecule has 0 bridgehead atoms. The minimum Gasteiger partial charge on any atom is -0.504 e. The van der Waals surface area contributed by atoms with Crippen molar-refractivity contribution in [2.75, 3.05) is 12.0 Å². The zero-order chi connectivity index (χ0) is 28.0. The molecule has 2 aromatic rings. The number of hydroxylamine groups is 2. The maximum atomic E-state index is 14.2. The number of imide groups is 2. The van der Waals surface area contributed by atoms with E-state index >= 15 is 0 Å². The lowest BCUT2D eigenvalue weighted by Crippen LogP contribution is -2.48. The molecular formula is C28H24ClFN2O7. The van der Waals surface area contributed by atoms with Crippen LogP contribution in [-0.2, 0) is 19.2 Å². The van der Waals surface area contributed by atoms with Crippen molar-refractivity contribution in [3.05, 3.63) is 64.5 Å². The van der Waals surface area contributed by atoms with Crippen LogP contribution in [0, 0.1) is 34.9 Å². The summed E-state index contributed by atoms with van der Waals surface area (Å²) < 4.78 is 19.1. The SMILES string of the molecule is COc1ccc([C@H]2C3=CC[C@@H]4C(=O)N(O)C(=O)[C@@H]4[C@@H]3C[C@H]3C(=O)N(c4ccc(F)c(Cl)c4)C(=O)[C@@]23C)cc1O. The number of rotatable bonds is 3. The van der Waals surface area contributed by atoms with Gasteiger partial charge in [-0.25, -0.2) is 9.29 Å². The van der Waals surface area contributed by atoms with E-state index in [1.807, 2.05) is 6.08 Å². The van der Waals surface area contributed by atoms with Crippen molar-refractivity contribution in [1.82, 2.24) is 5.06 Å². The molecule has 0 radical (unpaired) electrons. The number of methoxy groups -OCH3 is 1. The quantitative estimate of drug-likeness (QED) is 0.336. The largest absolute Gasteiger partial charge is 0.504 e. The summed E-state index contributed by atoms with van der Waals surface area (Å²) in [5.41, 5.74) is -0.0189. The van der Waals surface area contributed by atoms with Gasteiger partial charge in [0.15, 0.2) is 11.5 Å². The number of hydrogen-bond acceptors (Lipinski definition) is 7. The highest BCUT2D eigenvalue weighted by atomic mass is 35.5. The Balaban J connectivity index is 1.54. The number of aromatic hydroxyl groups is 1. The third kappa shape index (κ3) is 3.34. The van der Waals surface area contributed by atoms with Crippen LogP contribution in [0.15, 0.2) is 48.0 Å². The number of hydrogen-bond donors (Lipinski definition) is 2. The molecule has 0 unspecified atom stereocenters. The molecule has 202 valence electrons. The van der Waals surface area contributed by atoms with Crippen LogP contribution in [0.25, 0.3) is 0 Å². The third-order valence-corrected chi connectivity index (χ3v) is 9.24. The standard InChI is InChI=1S/C28H24ClFN2O7/c1-28-17(25(35)31(27(28)37)13-4-7-19(30)18(29)10-13)11-16-14(5-6-15-22(16)26(36)32(38)24(15)34)23(28)12-3-8-21(39-2)20(33)9-12/h3-5,7-10,15-17,22-23,33,38H,6,11H2,1-2H3/t15-,16+,17-,22-,23-,28+/m0/s1. The average Bonchev–Trinajstić information content (AvgIpc) is 3.25. The first-order chi connectivity index (χ1) is 18.5. The smallest absolute Gasteiger partial charge is 0.257 e. The second-order valence-corrected chi connectivity index (χ2v) is 11.1. The number of amides is 4. The van der Waals surface area contributed by atoms with Gasteiger partial charge in [-0.15, -0.1) is 0 Å². The summed E-state index contributed by atoms with van der Waals surface area (Å²) in [6.07, 6.45) is 2.08. The van der Waals surface area contributed by atoms with Crippen molar-refractivity contribution >= 4 is 40.9 Å². The second-order valence-electron chi connectivity index (χ2n) is 10.7. The van der Waals surface area contributed by atoms with E-state index in [4.69, 9.17) is 16.3 Å². The number of benzene rings is 2. The molecule has 1 saturated carbocycles. The molecule has 0 spiro atoms. The van der Waals surface area contributed by atoms with E-state index in [1.165, 1.54) is 25.3 Å². The molecule has 2 aromatic carbocycles. The summed E-state index contributed by atoms with van der Waals surface area (Å²) in [4.78, 5) is 54.8. The van der Waals surface area contributed by atoms with Gasteiger partial charge >= 0.3 is 0 Å². The Morgan fingerprint density at radius 1 is 1.05 bits per heavy atom. The van der Waals surface area contributed by atoms with Crippen LogP contribution in [0.5, 0.6) is 11.5 Å². The highest BCUT2D eigenvalue weighted by molar-refractivity contribution is 6.31. The van der Waals surface area contributed by atoms with Crippen molar-refractivity contribution in [2.45, 2.75) is 25.7 Å². The highest BCUT2D eigenvalue weighted by Crippen LogP contribution is 2.63. The summed E-state index contributed by atoms with van der Waals surface area (Å²) in [7, 11) is 1.40. The zero-order valence-corrected chi connectivity index (χ0v) is 21.7. The van der Waals surface area contributed by atoms with Crippen molar-refractivity contribution in [3.8, 4) is 11.5 Å².